The van der Waals surface area contributed by atoms with E-state index >= 15 is 0 Å². The van der Waals surface area contributed by atoms with Gasteiger partial charge in [0.25, 0.3) is 0 Å². The van der Waals surface area contributed by atoms with Crippen LogP contribution in [0.5, 0.6) is 0 Å². The molecule has 2 aromatic rings. The first-order valence-corrected chi connectivity index (χ1v) is 6.84. The highest BCUT2D eigenvalue weighted by atomic mass is 32.2. The van der Waals surface area contributed by atoms with Crippen LogP contribution in [-0.2, 0) is 13.5 Å². The maximum Gasteiger partial charge on any atom is 0.138 e. The van der Waals surface area contributed by atoms with Crippen LogP contribution < -0.4 is 0 Å². The number of aliphatic hydroxyl groups is 1. The molecule has 0 aliphatic carbocycles. The van der Waals surface area contributed by atoms with Crippen LogP contribution in [0.25, 0.3) is 0 Å². The number of aryl methyl sites for hydroxylation is 2. The minimum atomic E-state index is -0.405. The second-order valence-electron chi connectivity index (χ2n) is 4.23. The third-order valence-corrected chi connectivity index (χ3v) is 4.07. The summed E-state index contributed by atoms with van der Waals surface area (Å²) in [4.78, 5) is 5.33. The predicted octanol–water partition coefficient (Wildman–Crippen LogP) is 1.82. The molecule has 5 heteroatoms. The van der Waals surface area contributed by atoms with Gasteiger partial charge in [-0.3, -0.25) is 4.68 Å². The summed E-state index contributed by atoms with van der Waals surface area (Å²) in [5, 5.41) is 14.0. The van der Waals surface area contributed by atoms with Crippen molar-refractivity contribution in [1.82, 2.24) is 14.8 Å². The number of nitrogens with zero attached hydrogens (tertiary/aromatic N) is 3. The van der Waals surface area contributed by atoms with Gasteiger partial charge in [-0.05, 0) is 18.6 Å². The van der Waals surface area contributed by atoms with Crippen LogP contribution in [0.4, 0.5) is 0 Å². The van der Waals surface area contributed by atoms with Gasteiger partial charge in [-0.25, -0.2) is 4.98 Å². The second-order valence-corrected chi connectivity index (χ2v) is 5.30. The summed E-state index contributed by atoms with van der Waals surface area (Å²) in [6, 6.07) is 8.20. The molecule has 2 rings (SSSR count). The van der Waals surface area contributed by atoms with E-state index in [0.717, 1.165) is 5.82 Å². The highest BCUT2D eigenvalue weighted by Gasteiger charge is 2.10. The van der Waals surface area contributed by atoms with Crippen molar-refractivity contribution >= 4 is 11.8 Å². The van der Waals surface area contributed by atoms with Gasteiger partial charge < -0.3 is 5.11 Å². The number of rotatable bonds is 5. The van der Waals surface area contributed by atoms with Crippen molar-refractivity contribution in [2.45, 2.75) is 24.3 Å². The molecule has 0 radical (unpaired) electrons. The molecule has 1 unspecified atom stereocenters. The van der Waals surface area contributed by atoms with Gasteiger partial charge in [0, 0.05) is 24.1 Å². The molecule has 1 aromatic heterocycles. The monoisotopic (exact) mass is 263 g/mol. The summed E-state index contributed by atoms with van der Waals surface area (Å²) >= 11 is 1.68. The molecule has 0 spiro atoms. The molecule has 0 saturated heterocycles. The van der Waals surface area contributed by atoms with E-state index in [2.05, 4.69) is 29.1 Å². The van der Waals surface area contributed by atoms with Crippen LogP contribution in [0.3, 0.4) is 0 Å². The average molecular weight is 263 g/mol. The largest absolute Gasteiger partial charge is 0.392 e. The fraction of sp³-hybridized carbons (Fsp3) is 0.385. The SMILES string of the molecule is Cc1ccccc1SCC(O)Cc1ncnn1C. The Morgan fingerprint density at radius 1 is 1.39 bits per heavy atom. The van der Waals surface area contributed by atoms with E-state index < -0.39 is 6.10 Å². The van der Waals surface area contributed by atoms with Crippen LogP contribution in [0.15, 0.2) is 35.5 Å². The molecule has 0 fully saturated rings. The average Bonchev–Trinajstić information content (AvgIpc) is 2.74. The highest BCUT2D eigenvalue weighted by molar-refractivity contribution is 7.99. The van der Waals surface area contributed by atoms with Crippen molar-refractivity contribution in [3.63, 3.8) is 0 Å². The van der Waals surface area contributed by atoms with E-state index in [9.17, 15) is 5.11 Å². The quantitative estimate of drug-likeness (QED) is 0.836. The Bertz CT molecular complexity index is 512. The van der Waals surface area contributed by atoms with Gasteiger partial charge in [0.15, 0.2) is 0 Å². The Morgan fingerprint density at radius 2 is 2.17 bits per heavy atom. The van der Waals surface area contributed by atoms with E-state index in [-0.39, 0.29) is 0 Å². The van der Waals surface area contributed by atoms with Gasteiger partial charge in [0.1, 0.15) is 12.2 Å². The molecular weight excluding hydrogens is 246 g/mol. The lowest BCUT2D eigenvalue weighted by atomic mass is 10.2. The minimum absolute atomic E-state index is 0.405. The van der Waals surface area contributed by atoms with Crippen LogP contribution in [0.2, 0.25) is 0 Å². The van der Waals surface area contributed by atoms with Crippen LogP contribution in [0.1, 0.15) is 11.4 Å². The maximum absolute atomic E-state index is 10.00. The van der Waals surface area contributed by atoms with Gasteiger partial charge in [0.2, 0.25) is 0 Å². The van der Waals surface area contributed by atoms with E-state index in [0.29, 0.717) is 12.2 Å². The summed E-state index contributed by atoms with van der Waals surface area (Å²) in [5.74, 6) is 1.48. The lowest BCUT2D eigenvalue weighted by molar-refractivity contribution is 0.196. The third-order valence-electron chi connectivity index (χ3n) is 2.75. The molecule has 0 aliphatic heterocycles. The minimum Gasteiger partial charge on any atom is -0.392 e. The molecule has 0 bridgehead atoms. The van der Waals surface area contributed by atoms with Gasteiger partial charge >= 0.3 is 0 Å². The summed E-state index contributed by atoms with van der Waals surface area (Å²) in [5.41, 5.74) is 1.24. The Labute approximate surface area is 111 Å². The first kappa shape index (κ1) is 13.1. The van der Waals surface area contributed by atoms with Crippen molar-refractivity contribution in [3.8, 4) is 0 Å². The van der Waals surface area contributed by atoms with Gasteiger partial charge in [-0.15, -0.1) is 11.8 Å². The smallest absolute Gasteiger partial charge is 0.138 e. The fourth-order valence-corrected chi connectivity index (χ4v) is 2.64. The maximum atomic E-state index is 10.00. The summed E-state index contributed by atoms with van der Waals surface area (Å²) < 4.78 is 1.70. The topological polar surface area (TPSA) is 50.9 Å². The summed E-state index contributed by atoms with van der Waals surface area (Å²) in [6.45, 7) is 2.08. The molecule has 18 heavy (non-hydrogen) atoms. The zero-order chi connectivity index (χ0) is 13.0. The Balaban J connectivity index is 1.87. The molecule has 1 heterocycles. The van der Waals surface area contributed by atoms with E-state index in [1.165, 1.54) is 16.8 Å². The van der Waals surface area contributed by atoms with Crippen LogP contribution in [0, 0.1) is 6.92 Å². The molecule has 1 aromatic carbocycles. The standard InChI is InChI=1S/C13H17N3OS/c1-10-5-3-4-6-12(10)18-8-11(17)7-13-14-9-15-16(13)2/h3-6,9,11,17H,7-8H2,1-2H3. The summed E-state index contributed by atoms with van der Waals surface area (Å²) in [7, 11) is 1.84. The Kier molecular flexibility index (Phi) is 4.38. The van der Waals surface area contributed by atoms with E-state index in [1.54, 1.807) is 16.4 Å². The molecule has 96 valence electrons. The number of benzene rings is 1. The zero-order valence-corrected chi connectivity index (χ0v) is 11.4. The first-order chi connectivity index (χ1) is 8.66. The lowest BCUT2D eigenvalue weighted by Crippen LogP contribution is -2.16. The molecule has 0 saturated carbocycles. The third kappa shape index (κ3) is 3.34. The lowest BCUT2D eigenvalue weighted by Gasteiger charge is -2.10. The van der Waals surface area contributed by atoms with Gasteiger partial charge in [-0.1, -0.05) is 18.2 Å². The van der Waals surface area contributed by atoms with Crippen LogP contribution >= 0.6 is 11.8 Å². The summed E-state index contributed by atoms with van der Waals surface area (Å²) in [6.07, 6.45) is 1.64. The normalized spacial score (nSPS) is 12.6. The van der Waals surface area contributed by atoms with Crippen molar-refractivity contribution in [2.75, 3.05) is 5.75 Å². The van der Waals surface area contributed by atoms with Crippen LogP contribution in [-0.4, -0.2) is 31.7 Å². The molecule has 0 amide bonds. The fourth-order valence-electron chi connectivity index (χ4n) is 1.68. The molecule has 4 nitrogen and oxygen atoms in total. The van der Waals surface area contributed by atoms with Crippen molar-refractivity contribution in [1.29, 1.82) is 0 Å². The second kappa shape index (κ2) is 6.02. The Morgan fingerprint density at radius 3 is 2.83 bits per heavy atom. The first-order valence-electron chi connectivity index (χ1n) is 5.86. The van der Waals surface area contributed by atoms with Gasteiger partial charge in [0.05, 0.1) is 6.10 Å². The van der Waals surface area contributed by atoms with Gasteiger partial charge in [-0.2, -0.15) is 5.10 Å². The predicted molar refractivity (Wildman–Crippen MR) is 72.6 cm³/mol. The number of hydrogen-bond acceptors (Lipinski definition) is 4. The number of aliphatic hydroxyl groups excluding tert-OH is 1. The molecule has 1 atom stereocenters. The zero-order valence-electron chi connectivity index (χ0n) is 10.6. The molecule has 0 aliphatic rings. The van der Waals surface area contributed by atoms with Crippen molar-refractivity contribution in [3.05, 3.63) is 42.0 Å². The van der Waals surface area contributed by atoms with E-state index in [1.807, 2.05) is 19.2 Å². The van der Waals surface area contributed by atoms with Crippen molar-refractivity contribution in [2.24, 2.45) is 7.05 Å². The number of thioether (sulfide) groups is 1. The van der Waals surface area contributed by atoms with Crippen molar-refractivity contribution < 1.29 is 5.11 Å². The van der Waals surface area contributed by atoms with E-state index in [4.69, 9.17) is 0 Å². The molecule has 1 N–H and O–H groups in total. The number of aromatic nitrogens is 3. The molecular formula is C13H17N3OS. The number of hydrogen-bond donors (Lipinski definition) is 1. The Hall–Kier alpha value is -1.33. The highest BCUT2D eigenvalue weighted by Crippen LogP contribution is 2.22.